The van der Waals surface area contributed by atoms with Gasteiger partial charge in [0.1, 0.15) is 31.4 Å². The van der Waals surface area contributed by atoms with Gasteiger partial charge in [0.25, 0.3) is 5.88 Å². The van der Waals surface area contributed by atoms with Crippen molar-refractivity contribution in [1.82, 2.24) is 0 Å². The predicted octanol–water partition coefficient (Wildman–Crippen LogP) is 13.1. The summed E-state index contributed by atoms with van der Waals surface area (Å²) in [6, 6.07) is 26.4. The largest absolute Gasteiger partial charge is 0.497 e. The molecule has 1 N–H and O–H groups in total. The molecule has 11 rings (SSSR count). The summed E-state index contributed by atoms with van der Waals surface area (Å²) in [4.78, 5) is 24.5. The Morgan fingerprint density at radius 2 is 1.13 bits per heavy atom. The second kappa shape index (κ2) is 20.1. The lowest BCUT2D eigenvalue weighted by Gasteiger charge is -2.58. The van der Waals surface area contributed by atoms with Gasteiger partial charge in [-0.1, -0.05) is 118 Å². The molecule has 3 aromatic rings. The fraction of sp³-hybridized carbons (Fsp3) is 0.629. The lowest BCUT2D eigenvalue weighted by Crippen LogP contribution is -2.51. The number of hydrogen-bond donors (Lipinski definition) is 1. The standard InChI is InChI=1S/C28H38O2.C21H32O2.C13H13NO/c1-19(29)24-11-12-25-23-10-9-21-17-22(30-18-20-7-5-4-6-8-20)13-15-27(21,2)26(23)14-16-28(24,25)3;1-13(22)17-6-7-18-16-5-4-14-12-15(23)8-10-20(14,2)19(16)9-11-21(17,18)3;1-14-10-6-5-9-13(14)15-11-12-7-3-2-4-8-12/h4-9,22-26H,10-18H2,1-3H3;4,15-19,23H,5-12H2,1-3H3;2-9H,11H2,1H3/t22-,23?,24+,25?,26?,27-,28+;15-,16?,17+,18?,19?,20-,21+;/m00./s1. The van der Waals surface area contributed by atoms with Gasteiger partial charge in [0.15, 0.2) is 0 Å². The zero-order chi connectivity index (χ0) is 47.8. The predicted molar refractivity (Wildman–Crippen MR) is 270 cm³/mol. The quantitative estimate of drug-likeness (QED) is 0.138. The van der Waals surface area contributed by atoms with Gasteiger partial charge in [0.2, 0.25) is 0 Å². The molecule has 0 radical (unpaired) electrons. The van der Waals surface area contributed by atoms with Crippen molar-refractivity contribution in [2.45, 2.75) is 170 Å². The molecule has 14 atom stereocenters. The fourth-order valence-electron chi connectivity index (χ4n) is 16.9. The molecule has 0 amide bonds. The van der Waals surface area contributed by atoms with E-state index in [1.807, 2.05) is 74.0 Å². The van der Waals surface area contributed by atoms with Crippen LogP contribution in [0, 0.1) is 75.2 Å². The van der Waals surface area contributed by atoms with Crippen molar-refractivity contribution < 1.29 is 28.7 Å². The first kappa shape index (κ1) is 49.1. The van der Waals surface area contributed by atoms with Gasteiger partial charge in [-0.25, -0.2) is 0 Å². The van der Waals surface area contributed by atoms with E-state index >= 15 is 0 Å². The minimum Gasteiger partial charge on any atom is -0.497 e. The third-order valence-electron chi connectivity index (χ3n) is 20.6. The number of allylic oxidation sites excluding steroid dienone is 2. The molecule has 1 heterocycles. The van der Waals surface area contributed by atoms with Gasteiger partial charge in [-0.05, 0) is 185 Å². The summed E-state index contributed by atoms with van der Waals surface area (Å²) in [5.41, 5.74) is 6.84. The van der Waals surface area contributed by atoms with Gasteiger partial charge in [-0.2, -0.15) is 6.07 Å². The van der Waals surface area contributed by atoms with Gasteiger partial charge in [0.05, 0.1) is 18.8 Å². The maximum Gasteiger partial charge on any atom is 0.257 e. The highest BCUT2D eigenvalue weighted by Gasteiger charge is 2.61. The second-order valence-electron chi connectivity index (χ2n) is 24.0. The Hall–Kier alpha value is -3.87. The minimum atomic E-state index is -0.117. The molecule has 6 saturated carbocycles. The molecular formula is C62H83NO5. The lowest BCUT2D eigenvalue weighted by molar-refractivity contribution is -0.681. The number of Topliss-reactive ketones (excluding diaryl/α,β-unsaturated/α-hetero) is 2. The average Bonchev–Trinajstić information content (AvgIpc) is 3.89. The SMILES string of the molecule is CC(=O)[C@H]1CCC2C3CC=C4C[C@@H](O)CC[C@]4(C)C3CC[C@@]21C.CC(=O)[C@H]1CCC2C3CC=C4C[C@@H](OCc5ccccc5)CC[C@]4(C)C3CC[C@@]21C.C[n+]1[c-]cccc1OCc1ccccc1. The number of carbonyl (C=O) groups is 2. The van der Waals surface area contributed by atoms with Crippen molar-refractivity contribution >= 4 is 11.6 Å². The number of fused-ring (bicyclic) bond motifs is 10. The first-order valence-corrected chi connectivity index (χ1v) is 26.9. The van der Waals surface area contributed by atoms with Crippen LogP contribution >= 0.6 is 0 Å². The zero-order valence-electron chi connectivity index (χ0n) is 42.7. The van der Waals surface area contributed by atoms with Crippen LogP contribution in [0.2, 0.25) is 0 Å². The van der Waals surface area contributed by atoms with Crippen molar-refractivity contribution in [1.29, 1.82) is 0 Å². The monoisotopic (exact) mass is 922 g/mol. The lowest BCUT2D eigenvalue weighted by atomic mass is 9.47. The number of hydrogen-bond acceptors (Lipinski definition) is 5. The van der Waals surface area contributed by atoms with Crippen LogP contribution in [0.4, 0.5) is 0 Å². The molecule has 366 valence electrons. The molecular weight excluding hydrogens is 839 g/mol. The summed E-state index contributed by atoms with van der Waals surface area (Å²) < 4.78 is 13.8. The number of rotatable bonds is 8. The number of aromatic nitrogens is 1. The molecule has 8 aliphatic carbocycles. The summed E-state index contributed by atoms with van der Waals surface area (Å²) in [5, 5.41) is 10.1. The maximum absolute atomic E-state index is 12.3. The first-order valence-electron chi connectivity index (χ1n) is 26.9. The number of nitrogens with zero attached hydrogens (tertiary/aromatic N) is 1. The van der Waals surface area contributed by atoms with Gasteiger partial charge in [-0.3, -0.25) is 14.2 Å². The van der Waals surface area contributed by atoms with Crippen molar-refractivity contribution in [2.24, 2.45) is 76.1 Å². The molecule has 0 aliphatic heterocycles. The topological polar surface area (TPSA) is 76.7 Å². The number of aliphatic hydroxyl groups is 1. The number of aryl methyl sites for hydroxylation is 1. The number of ether oxygens (including phenoxy) is 2. The number of aliphatic hydroxyl groups excluding tert-OH is 1. The van der Waals surface area contributed by atoms with E-state index in [0.717, 1.165) is 86.5 Å². The highest BCUT2D eigenvalue weighted by Crippen LogP contribution is 2.68. The molecule has 2 aromatic carbocycles. The number of ketones is 2. The van der Waals surface area contributed by atoms with E-state index < -0.39 is 0 Å². The Labute approximate surface area is 409 Å². The van der Waals surface area contributed by atoms with E-state index in [-0.39, 0.29) is 16.9 Å². The summed E-state index contributed by atoms with van der Waals surface area (Å²) in [6.45, 7) is 14.9. The van der Waals surface area contributed by atoms with Gasteiger partial charge >= 0.3 is 0 Å². The normalized spacial score (nSPS) is 38.6. The Morgan fingerprint density at radius 3 is 1.66 bits per heavy atom. The number of carbonyl (C=O) groups excluding carboxylic acids is 2. The molecule has 6 heteroatoms. The summed E-state index contributed by atoms with van der Waals surface area (Å²) in [5.74, 6) is 6.90. The van der Waals surface area contributed by atoms with Crippen molar-refractivity contribution in [3.63, 3.8) is 0 Å². The third-order valence-corrected chi connectivity index (χ3v) is 20.6. The van der Waals surface area contributed by atoms with E-state index in [0.29, 0.717) is 46.9 Å². The molecule has 1 aromatic heterocycles. The van der Waals surface area contributed by atoms with Gasteiger partial charge in [-0.15, -0.1) is 6.07 Å². The van der Waals surface area contributed by atoms with E-state index in [4.69, 9.17) is 9.47 Å². The van der Waals surface area contributed by atoms with Crippen LogP contribution in [0.1, 0.15) is 155 Å². The highest BCUT2D eigenvalue weighted by atomic mass is 16.5. The number of pyridine rings is 1. The molecule has 8 aliphatic rings. The van der Waals surface area contributed by atoms with E-state index in [1.165, 1.54) is 75.3 Å². The molecule has 6 fully saturated rings. The molecule has 0 spiro atoms. The Kier molecular flexibility index (Phi) is 14.5. The van der Waals surface area contributed by atoms with Crippen molar-refractivity contribution in [2.75, 3.05) is 0 Å². The second-order valence-corrected chi connectivity index (χ2v) is 24.0. The highest BCUT2D eigenvalue weighted by molar-refractivity contribution is 5.80. The molecule has 6 nitrogen and oxygen atoms in total. The van der Waals surface area contributed by atoms with Crippen LogP contribution in [0.5, 0.6) is 5.88 Å². The van der Waals surface area contributed by atoms with E-state index in [2.05, 4.69) is 76.4 Å². The summed E-state index contributed by atoms with van der Waals surface area (Å²) >= 11 is 0. The number of benzene rings is 2. The minimum absolute atomic E-state index is 0.117. The van der Waals surface area contributed by atoms with Crippen LogP contribution in [0.25, 0.3) is 0 Å². The van der Waals surface area contributed by atoms with Crippen LogP contribution in [0.15, 0.2) is 102 Å². The van der Waals surface area contributed by atoms with E-state index in [1.54, 1.807) is 11.1 Å². The first-order chi connectivity index (χ1) is 32.6. The van der Waals surface area contributed by atoms with Crippen LogP contribution < -0.4 is 9.30 Å². The zero-order valence-corrected chi connectivity index (χ0v) is 42.7. The van der Waals surface area contributed by atoms with Crippen LogP contribution in [0.3, 0.4) is 0 Å². The van der Waals surface area contributed by atoms with Crippen molar-refractivity contribution in [3.05, 3.63) is 119 Å². The summed E-state index contributed by atoms with van der Waals surface area (Å²) in [7, 11) is 1.92. The Bertz CT molecular complexity index is 2300. The van der Waals surface area contributed by atoms with Gasteiger partial charge in [0, 0.05) is 11.8 Å². The molecule has 0 bridgehead atoms. The molecule has 68 heavy (non-hydrogen) atoms. The van der Waals surface area contributed by atoms with E-state index in [9.17, 15) is 14.7 Å². The third kappa shape index (κ3) is 9.40. The summed E-state index contributed by atoms with van der Waals surface area (Å²) in [6.07, 6.45) is 27.2. The smallest absolute Gasteiger partial charge is 0.257 e. The average molecular weight is 922 g/mol. The molecule has 0 saturated heterocycles. The van der Waals surface area contributed by atoms with Crippen LogP contribution in [-0.4, -0.2) is 28.9 Å². The Balaban J connectivity index is 0.000000135. The maximum atomic E-state index is 12.3. The van der Waals surface area contributed by atoms with Crippen molar-refractivity contribution in [3.8, 4) is 5.88 Å². The molecule has 6 unspecified atom stereocenters. The Morgan fingerprint density at radius 1 is 0.618 bits per heavy atom. The fourth-order valence-corrected chi connectivity index (χ4v) is 16.9. The van der Waals surface area contributed by atoms with Gasteiger partial charge < -0.3 is 14.6 Å². The van der Waals surface area contributed by atoms with Crippen LogP contribution in [-0.2, 0) is 34.6 Å².